The first-order valence-corrected chi connectivity index (χ1v) is 6.24. The predicted molar refractivity (Wildman–Crippen MR) is 61.7 cm³/mol. The summed E-state index contributed by atoms with van der Waals surface area (Å²) in [5, 5.41) is 3.40. The summed E-state index contributed by atoms with van der Waals surface area (Å²) in [6.45, 7) is 5.36. The highest BCUT2D eigenvalue weighted by Gasteiger charge is 2.00. The summed E-state index contributed by atoms with van der Waals surface area (Å²) in [4.78, 5) is 10.7. The minimum absolute atomic E-state index is 0.118. The van der Waals surface area contributed by atoms with Gasteiger partial charge in [0.1, 0.15) is 0 Å². The Morgan fingerprint density at radius 2 is 2.21 bits per heavy atom. The van der Waals surface area contributed by atoms with Crippen molar-refractivity contribution in [1.29, 1.82) is 0 Å². The molecule has 0 aromatic carbocycles. The summed E-state index contributed by atoms with van der Waals surface area (Å²) >= 11 is 1.79. The third-order valence-electron chi connectivity index (χ3n) is 2.03. The normalized spacial score (nSPS) is 12.5. The van der Waals surface area contributed by atoms with E-state index in [9.17, 15) is 4.79 Å². The van der Waals surface area contributed by atoms with Gasteiger partial charge >= 0.3 is 5.97 Å². The van der Waals surface area contributed by atoms with E-state index in [1.807, 2.05) is 0 Å². The van der Waals surface area contributed by atoms with Crippen LogP contribution in [0.1, 0.15) is 26.7 Å². The zero-order valence-corrected chi connectivity index (χ0v) is 10.2. The Morgan fingerprint density at radius 1 is 1.50 bits per heavy atom. The van der Waals surface area contributed by atoms with Gasteiger partial charge in [0, 0.05) is 24.1 Å². The fraction of sp³-hybridized carbons (Fsp3) is 0.900. The number of methoxy groups -OCH3 is 1. The molecule has 0 bridgehead atoms. The van der Waals surface area contributed by atoms with Gasteiger partial charge in [0.25, 0.3) is 0 Å². The van der Waals surface area contributed by atoms with Gasteiger partial charge in [0.15, 0.2) is 0 Å². The third kappa shape index (κ3) is 8.38. The number of carbonyl (C=O) groups excluding carboxylic acids is 1. The molecule has 0 fully saturated rings. The Hall–Kier alpha value is -0.220. The van der Waals surface area contributed by atoms with Crippen LogP contribution in [0.5, 0.6) is 0 Å². The van der Waals surface area contributed by atoms with Crippen LogP contribution in [0.15, 0.2) is 0 Å². The first kappa shape index (κ1) is 13.8. The van der Waals surface area contributed by atoms with E-state index in [2.05, 4.69) is 23.9 Å². The number of nitrogens with one attached hydrogen (secondary N) is 1. The second-order valence-corrected chi connectivity index (χ2v) is 4.43. The molecule has 0 aliphatic carbocycles. The van der Waals surface area contributed by atoms with Gasteiger partial charge in [-0.25, -0.2) is 0 Å². The highest BCUT2D eigenvalue weighted by Crippen LogP contribution is 2.02. The van der Waals surface area contributed by atoms with Crippen molar-refractivity contribution in [2.24, 2.45) is 0 Å². The molecule has 0 amide bonds. The number of hydrogen-bond donors (Lipinski definition) is 1. The molecule has 3 nitrogen and oxygen atoms in total. The molecule has 0 aliphatic rings. The number of esters is 1. The molecular formula is C10H21NO2S. The van der Waals surface area contributed by atoms with Gasteiger partial charge in [-0.1, -0.05) is 6.92 Å². The van der Waals surface area contributed by atoms with Crippen LogP contribution in [0.2, 0.25) is 0 Å². The van der Waals surface area contributed by atoms with Crippen LogP contribution in [0, 0.1) is 0 Å². The minimum Gasteiger partial charge on any atom is -0.469 e. The molecule has 1 unspecified atom stereocenters. The van der Waals surface area contributed by atoms with E-state index in [0.29, 0.717) is 12.5 Å². The van der Waals surface area contributed by atoms with Crippen molar-refractivity contribution in [3.63, 3.8) is 0 Å². The molecule has 0 spiro atoms. The Balaban J connectivity index is 3.10. The molecule has 0 rings (SSSR count). The van der Waals surface area contributed by atoms with Gasteiger partial charge in [0.2, 0.25) is 0 Å². The molecule has 14 heavy (non-hydrogen) atoms. The van der Waals surface area contributed by atoms with Crippen LogP contribution in [0.25, 0.3) is 0 Å². The largest absolute Gasteiger partial charge is 0.469 e. The van der Waals surface area contributed by atoms with Gasteiger partial charge in [-0.2, -0.15) is 11.8 Å². The monoisotopic (exact) mass is 219 g/mol. The van der Waals surface area contributed by atoms with Crippen molar-refractivity contribution >= 4 is 17.7 Å². The SMILES string of the molecule is CCC(C)NCCSCCC(=O)OC. The maximum atomic E-state index is 10.7. The molecule has 0 saturated heterocycles. The molecular weight excluding hydrogens is 198 g/mol. The molecule has 0 aromatic heterocycles. The first-order valence-electron chi connectivity index (χ1n) is 5.08. The summed E-state index contributed by atoms with van der Waals surface area (Å²) in [6.07, 6.45) is 1.68. The van der Waals surface area contributed by atoms with Crippen molar-refractivity contribution in [2.75, 3.05) is 25.2 Å². The van der Waals surface area contributed by atoms with E-state index >= 15 is 0 Å². The zero-order valence-electron chi connectivity index (χ0n) is 9.34. The van der Waals surface area contributed by atoms with Crippen LogP contribution in [-0.2, 0) is 9.53 Å². The maximum absolute atomic E-state index is 10.7. The molecule has 84 valence electrons. The lowest BCUT2D eigenvalue weighted by Crippen LogP contribution is -2.27. The molecule has 4 heteroatoms. The van der Waals surface area contributed by atoms with Crippen molar-refractivity contribution in [2.45, 2.75) is 32.7 Å². The minimum atomic E-state index is -0.118. The van der Waals surface area contributed by atoms with Crippen molar-refractivity contribution in [3.05, 3.63) is 0 Å². The van der Waals surface area contributed by atoms with Crippen LogP contribution >= 0.6 is 11.8 Å². The smallest absolute Gasteiger partial charge is 0.306 e. The lowest BCUT2D eigenvalue weighted by atomic mass is 10.3. The highest BCUT2D eigenvalue weighted by molar-refractivity contribution is 7.99. The van der Waals surface area contributed by atoms with Crippen molar-refractivity contribution in [1.82, 2.24) is 5.32 Å². The van der Waals surface area contributed by atoms with Crippen LogP contribution in [-0.4, -0.2) is 37.2 Å². The van der Waals surface area contributed by atoms with E-state index < -0.39 is 0 Å². The fourth-order valence-corrected chi connectivity index (χ4v) is 1.66. The molecule has 1 N–H and O–H groups in total. The maximum Gasteiger partial charge on any atom is 0.306 e. The summed E-state index contributed by atoms with van der Waals surface area (Å²) < 4.78 is 4.54. The molecule has 0 radical (unpaired) electrons. The lowest BCUT2D eigenvalue weighted by Gasteiger charge is -2.10. The summed E-state index contributed by atoms with van der Waals surface area (Å²) in [5.41, 5.74) is 0. The van der Waals surface area contributed by atoms with Crippen molar-refractivity contribution < 1.29 is 9.53 Å². The number of thioether (sulfide) groups is 1. The van der Waals surface area contributed by atoms with Crippen molar-refractivity contribution in [3.8, 4) is 0 Å². The second kappa shape index (κ2) is 9.34. The van der Waals surface area contributed by atoms with E-state index in [0.717, 1.165) is 24.5 Å². The average Bonchev–Trinajstić information content (AvgIpc) is 2.22. The Morgan fingerprint density at radius 3 is 2.79 bits per heavy atom. The third-order valence-corrected chi connectivity index (χ3v) is 3.02. The van der Waals surface area contributed by atoms with E-state index in [4.69, 9.17) is 0 Å². The summed E-state index contributed by atoms with van der Waals surface area (Å²) in [7, 11) is 1.43. The van der Waals surface area contributed by atoms with Gasteiger partial charge in [0.05, 0.1) is 13.5 Å². The molecule has 0 aromatic rings. The first-order chi connectivity index (χ1) is 6.70. The van der Waals surface area contributed by atoms with E-state index in [1.54, 1.807) is 11.8 Å². The quantitative estimate of drug-likeness (QED) is 0.498. The van der Waals surface area contributed by atoms with Crippen LogP contribution < -0.4 is 5.32 Å². The molecule has 1 atom stereocenters. The van der Waals surface area contributed by atoms with Gasteiger partial charge < -0.3 is 10.1 Å². The summed E-state index contributed by atoms with van der Waals surface area (Å²) in [6, 6.07) is 0.594. The zero-order chi connectivity index (χ0) is 10.8. The Kier molecular flexibility index (Phi) is 9.19. The number of rotatable bonds is 8. The lowest BCUT2D eigenvalue weighted by molar-refractivity contribution is -0.140. The van der Waals surface area contributed by atoms with Gasteiger partial charge in [-0.15, -0.1) is 0 Å². The molecule has 0 heterocycles. The number of hydrogen-bond acceptors (Lipinski definition) is 4. The number of ether oxygens (including phenoxy) is 1. The predicted octanol–water partition coefficient (Wildman–Crippen LogP) is 1.67. The van der Waals surface area contributed by atoms with Crippen LogP contribution in [0.4, 0.5) is 0 Å². The second-order valence-electron chi connectivity index (χ2n) is 3.20. The average molecular weight is 219 g/mol. The standard InChI is InChI=1S/C10H21NO2S/c1-4-9(2)11-6-8-14-7-5-10(12)13-3/h9,11H,4-8H2,1-3H3. The molecule has 0 saturated carbocycles. The number of carbonyl (C=O) groups is 1. The van der Waals surface area contributed by atoms with Crippen LogP contribution in [0.3, 0.4) is 0 Å². The molecule has 0 aliphatic heterocycles. The topological polar surface area (TPSA) is 38.3 Å². The Labute approximate surface area is 91.0 Å². The van der Waals surface area contributed by atoms with Gasteiger partial charge in [-0.3, -0.25) is 4.79 Å². The fourth-order valence-electron chi connectivity index (χ4n) is 0.881. The Bertz CT molecular complexity index is 153. The van der Waals surface area contributed by atoms with E-state index in [1.165, 1.54) is 7.11 Å². The summed E-state index contributed by atoms with van der Waals surface area (Å²) in [5.74, 6) is 1.79. The van der Waals surface area contributed by atoms with E-state index in [-0.39, 0.29) is 5.97 Å². The van der Waals surface area contributed by atoms with Gasteiger partial charge in [-0.05, 0) is 13.3 Å². The highest BCUT2D eigenvalue weighted by atomic mass is 32.2.